The van der Waals surface area contributed by atoms with Crippen molar-refractivity contribution in [3.05, 3.63) is 0 Å². The quantitative estimate of drug-likeness (QED) is 0.598. The van der Waals surface area contributed by atoms with Crippen molar-refractivity contribution in [2.45, 2.75) is 25.9 Å². The number of hydrogen-bond acceptors (Lipinski definition) is 3. The highest BCUT2D eigenvalue weighted by Gasteiger charge is 2.27. The lowest BCUT2D eigenvalue weighted by molar-refractivity contribution is -0.140. The molecule has 1 aliphatic heterocycles. The molecular formula is C9H14N2O2. The highest BCUT2D eigenvalue weighted by Crippen LogP contribution is 2.14. The third kappa shape index (κ3) is 2.43. The van der Waals surface area contributed by atoms with Gasteiger partial charge < -0.3 is 9.64 Å². The van der Waals surface area contributed by atoms with Gasteiger partial charge in [0, 0.05) is 13.2 Å². The lowest BCUT2D eigenvalue weighted by Crippen LogP contribution is -2.38. The van der Waals surface area contributed by atoms with Crippen molar-refractivity contribution < 1.29 is 9.53 Å². The lowest BCUT2D eigenvalue weighted by Gasteiger charge is -2.20. The number of ether oxygens (including phenoxy) is 1. The summed E-state index contributed by atoms with van der Waals surface area (Å²) in [5.41, 5.74) is 0. The zero-order valence-electron chi connectivity index (χ0n) is 7.82. The van der Waals surface area contributed by atoms with Gasteiger partial charge in [0.25, 0.3) is 5.91 Å². The first-order valence-corrected chi connectivity index (χ1v) is 4.57. The van der Waals surface area contributed by atoms with E-state index in [1.807, 2.05) is 13.0 Å². The summed E-state index contributed by atoms with van der Waals surface area (Å²) in [7, 11) is 0. The molecule has 1 saturated heterocycles. The molecule has 13 heavy (non-hydrogen) atoms. The predicted molar refractivity (Wildman–Crippen MR) is 46.8 cm³/mol. The number of carbonyl (C=O) groups excluding carboxylic acids is 1. The second-order valence-electron chi connectivity index (χ2n) is 3.01. The number of carbonyl (C=O) groups is 1. The van der Waals surface area contributed by atoms with Gasteiger partial charge in [-0.15, -0.1) is 0 Å². The molecule has 1 amide bonds. The van der Waals surface area contributed by atoms with Gasteiger partial charge in [0.1, 0.15) is 12.6 Å². The van der Waals surface area contributed by atoms with Crippen LogP contribution in [0, 0.1) is 11.3 Å². The summed E-state index contributed by atoms with van der Waals surface area (Å²) in [6.45, 7) is 3.27. The van der Waals surface area contributed by atoms with Crippen LogP contribution in [-0.4, -0.2) is 36.6 Å². The molecule has 0 spiro atoms. The topological polar surface area (TPSA) is 53.3 Å². The molecule has 72 valence electrons. The zero-order valence-corrected chi connectivity index (χ0v) is 7.82. The summed E-state index contributed by atoms with van der Waals surface area (Å²) in [6.07, 6.45) is 1.44. The molecule has 0 saturated carbocycles. The molecule has 0 aromatic heterocycles. The minimum Gasteiger partial charge on any atom is -0.368 e. The second-order valence-corrected chi connectivity index (χ2v) is 3.01. The van der Waals surface area contributed by atoms with Crippen molar-refractivity contribution >= 4 is 5.91 Å². The van der Waals surface area contributed by atoms with Crippen LogP contribution in [0.25, 0.3) is 0 Å². The number of hydrogen-bond donors (Lipinski definition) is 0. The monoisotopic (exact) mass is 182 g/mol. The fourth-order valence-electron chi connectivity index (χ4n) is 1.41. The first-order valence-electron chi connectivity index (χ1n) is 4.57. The molecule has 0 radical (unpaired) electrons. The van der Waals surface area contributed by atoms with Crippen LogP contribution in [0.2, 0.25) is 0 Å². The van der Waals surface area contributed by atoms with Crippen LogP contribution in [0.3, 0.4) is 0 Å². The molecule has 1 heterocycles. The van der Waals surface area contributed by atoms with Gasteiger partial charge in [-0.05, 0) is 19.8 Å². The first-order chi connectivity index (χ1) is 6.29. The summed E-state index contributed by atoms with van der Waals surface area (Å²) >= 11 is 0. The van der Waals surface area contributed by atoms with Crippen molar-refractivity contribution in [1.82, 2.24) is 4.90 Å². The molecule has 1 unspecified atom stereocenters. The van der Waals surface area contributed by atoms with Gasteiger partial charge in [-0.25, -0.2) is 0 Å². The largest absolute Gasteiger partial charge is 0.368 e. The Bertz CT molecular complexity index is 216. The summed E-state index contributed by atoms with van der Waals surface area (Å²) in [4.78, 5) is 13.1. The van der Waals surface area contributed by atoms with Gasteiger partial charge in [0.05, 0.1) is 6.07 Å². The predicted octanol–water partition coefficient (Wildman–Crippen LogP) is 0.537. The Hall–Kier alpha value is -1.08. The highest BCUT2D eigenvalue weighted by molar-refractivity contribution is 5.81. The minimum absolute atomic E-state index is 0.0402. The first kappa shape index (κ1) is 10.0. The van der Waals surface area contributed by atoms with E-state index in [0.717, 1.165) is 12.8 Å². The number of likely N-dealkylation sites (N-methyl/N-ethyl adjacent to an activating group) is 1. The number of amides is 1. The fourth-order valence-corrected chi connectivity index (χ4v) is 1.41. The van der Waals surface area contributed by atoms with Crippen molar-refractivity contribution in [1.29, 1.82) is 5.26 Å². The molecule has 4 nitrogen and oxygen atoms in total. The van der Waals surface area contributed by atoms with E-state index in [1.54, 1.807) is 0 Å². The highest BCUT2D eigenvalue weighted by atomic mass is 16.5. The Morgan fingerprint density at radius 3 is 3.00 bits per heavy atom. The Kier molecular flexibility index (Phi) is 3.71. The molecule has 1 fully saturated rings. The van der Waals surface area contributed by atoms with Crippen LogP contribution in [0.5, 0.6) is 0 Å². The number of nitriles is 1. The standard InChI is InChI=1S/C9H14N2O2/c1-2-11(6-5-10)9(12)8-4-3-7-13-8/h8H,2-4,6-7H2,1H3. The second kappa shape index (κ2) is 4.83. The van der Waals surface area contributed by atoms with Gasteiger partial charge >= 0.3 is 0 Å². The summed E-state index contributed by atoms with van der Waals surface area (Å²) < 4.78 is 5.24. The number of nitrogens with zero attached hydrogens (tertiary/aromatic N) is 2. The van der Waals surface area contributed by atoms with Gasteiger partial charge in [0.2, 0.25) is 0 Å². The SMILES string of the molecule is CCN(CC#N)C(=O)C1CCCO1. The molecule has 0 aromatic rings. The van der Waals surface area contributed by atoms with Crippen LogP contribution in [-0.2, 0) is 9.53 Å². The fraction of sp³-hybridized carbons (Fsp3) is 0.778. The van der Waals surface area contributed by atoms with Crippen molar-refractivity contribution in [2.24, 2.45) is 0 Å². The molecule has 0 aromatic carbocycles. The van der Waals surface area contributed by atoms with Crippen LogP contribution in [0.4, 0.5) is 0 Å². The molecule has 1 aliphatic rings. The van der Waals surface area contributed by atoms with E-state index in [-0.39, 0.29) is 18.6 Å². The Morgan fingerprint density at radius 2 is 2.54 bits per heavy atom. The van der Waals surface area contributed by atoms with E-state index >= 15 is 0 Å². The third-order valence-corrected chi connectivity index (χ3v) is 2.16. The van der Waals surface area contributed by atoms with Gasteiger partial charge in [-0.3, -0.25) is 4.79 Å². The van der Waals surface area contributed by atoms with Gasteiger partial charge in [0.15, 0.2) is 0 Å². The van der Waals surface area contributed by atoms with E-state index in [0.29, 0.717) is 13.2 Å². The van der Waals surface area contributed by atoms with Crippen LogP contribution in [0.1, 0.15) is 19.8 Å². The summed E-state index contributed by atoms with van der Waals surface area (Å²) in [5, 5.41) is 8.47. The molecule has 0 bridgehead atoms. The zero-order chi connectivity index (χ0) is 9.68. The molecule has 0 aliphatic carbocycles. The molecule has 1 rings (SSSR count). The van der Waals surface area contributed by atoms with E-state index < -0.39 is 0 Å². The third-order valence-electron chi connectivity index (χ3n) is 2.16. The maximum atomic E-state index is 11.6. The van der Waals surface area contributed by atoms with E-state index in [4.69, 9.17) is 10.00 Å². The average molecular weight is 182 g/mol. The maximum absolute atomic E-state index is 11.6. The number of rotatable bonds is 3. The maximum Gasteiger partial charge on any atom is 0.252 e. The van der Waals surface area contributed by atoms with Crippen LogP contribution < -0.4 is 0 Å². The molecule has 4 heteroatoms. The van der Waals surface area contributed by atoms with Crippen molar-refractivity contribution in [2.75, 3.05) is 19.7 Å². The van der Waals surface area contributed by atoms with Gasteiger partial charge in [-0.2, -0.15) is 5.26 Å². The Balaban J connectivity index is 2.48. The average Bonchev–Trinajstić information content (AvgIpc) is 2.65. The van der Waals surface area contributed by atoms with Crippen LogP contribution in [0.15, 0.2) is 0 Å². The van der Waals surface area contributed by atoms with Gasteiger partial charge in [-0.1, -0.05) is 0 Å². The smallest absolute Gasteiger partial charge is 0.252 e. The normalized spacial score (nSPS) is 21.1. The minimum atomic E-state index is -0.298. The van der Waals surface area contributed by atoms with E-state index in [1.165, 1.54) is 4.90 Å². The molecule has 1 atom stereocenters. The molecule has 0 N–H and O–H groups in total. The Labute approximate surface area is 78.1 Å². The Morgan fingerprint density at radius 1 is 1.77 bits per heavy atom. The summed E-state index contributed by atoms with van der Waals surface area (Å²) in [5.74, 6) is -0.0402. The van der Waals surface area contributed by atoms with E-state index in [2.05, 4.69) is 0 Å². The van der Waals surface area contributed by atoms with Crippen molar-refractivity contribution in [3.63, 3.8) is 0 Å². The van der Waals surface area contributed by atoms with Crippen molar-refractivity contribution in [3.8, 4) is 6.07 Å². The summed E-state index contributed by atoms with van der Waals surface area (Å²) in [6, 6.07) is 1.97. The lowest BCUT2D eigenvalue weighted by atomic mass is 10.2. The van der Waals surface area contributed by atoms with E-state index in [9.17, 15) is 4.79 Å². The van der Waals surface area contributed by atoms with Crippen LogP contribution >= 0.6 is 0 Å². The molecular weight excluding hydrogens is 168 g/mol.